The molecule has 8 nitrogen and oxygen atoms in total. The van der Waals surface area contributed by atoms with Crippen molar-refractivity contribution in [1.29, 1.82) is 5.26 Å². The van der Waals surface area contributed by atoms with Crippen LogP contribution in [0.15, 0.2) is 29.4 Å². The zero-order valence-corrected chi connectivity index (χ0v) is 20.0. The molecule has 0 spiro atoms. The summed E-state index contributed by atoms with van der Waals surface area (Å²) in [5.41, 5.74) is 1.73. The predicted molar refractivity (Wildman–Crippen MR) is 126 cm³/mol. The van der Waals surface area contributed by atoms with Crippen LogP contribution in [0, 0.1) is 17.2 Å². The van der Waals surface area contributed by atoms with Gasteiger partial charge in [-0.3, -0.25) is 4.79 Å². The molecule has 170 valence electrons. The molecule has 1 N–H and O–H groups in total. The fraction of sp³-hybridized carbons (Fsp3) is 0.391. The van der Waals surface area contributed by atoms with Crippen molar-refractivity contribution >= 4 is 34.0 Å². The molecule has 3 aromatic rings. The number of aromatic nitrogens is 3. The van der Waals surface area contributed by atoms with Crippen LogP contribution < -0.4 is 14.8 Å². The van der Waals surface area contributed by atoms with Crippen LogP contribution in [0.2, 0.25) is 0 Å². The van der Waals surface area contributed by atoms with Crippen LogP contribution in [0.4, 0.5) is 5.00 Å². The maximum absolute atomic E-state index is 12.7. The van der Waals surface area contributed by atoms with Crippen LogP contribution >= 0.6 is 23.1 Å². The maximum atomic E-state index is 12.7. The number of fused-ring (bicyclic) bond motifs is 2. The number of amides is 1. The quantitative estimate of drug-likeness (QED) is 0.547. The molecule has 2 unspecified atom stereocenters. The van der Waals surface area contributed by atoms with E-state index < -0.39 is 0 Å². The van der Waals surface area contributed by atoms with E-state index in [1.54, 1.807) is 0 Å². The van der Waals surface area contributed by atoms with Gasteiger partial charge in [0, 0.05) is 11.9 Å². The van der Waals surface area contributed by atoms with Crippen molar-refractivity contribution in [2.75, 3.05) is 17.7 Å². The smallest absolute Gasteiger partial charge is 0.235 e. The number of nitriles is 1. The Balaban J connectivity index is 1.23. The molecule has 1 amide bonds. The van der Waals surface area contributed by atoms with E-state index in [0.29, 0.717) is 45.6 Å². The van der Waals surface area contributed by atoms with E-state index in [9.17, 15) is 10.1 Å². The molecule has 2 aromatic heterocycles. The number of carbonyl (C=O) groups excluding carboxylic acids is 1. The van der Waals surface area contributed by atoms with Gasteiger partial charge in [-0.25, -0.2) is 0 Å². The van der Waals surface area contributed by atoms with Crippen molar-refractivity contribution in [3.05, 3.63) is 46.1 Å². The van der Waals surface area contributed by atoms with Crippen molar-refractivity contribution in [2.45, 2.75) is 37.4 Å². The third-order valence-electron chi connectivity index (χ3n) is 5.87. The molecular formula is C23H23N5O3S2. The molecule has 0 saturated carbocycles. The van der Waals surface area contributed by atoms with E-state index in [-0.39, 0.29) is 17.8 Å². The Bertz CT molecular complexity index is 1250. The third-order valence-corrected chi connectivity index (χ3v) is 8.06. The molecule has 5 rings (SSSR count). The van der Waals surface area contributed by atoms with Crippen molar-refractivity contribution < 1.29 is 14.3 Å². The number of nitrogens with zero attached hydrogens (tertiary/aromatic N) is 4. The number of benzene rings is 1. The average molecular weight is 482 g/mol. The van der Waals surface area contributed by atoms with Crippen LogP contribution in [-0.4, -0.2) is 33.0 Å². The van der Waals surface area contributed by atoms with Crippen LogP contribution in [0.25, 0.3) is 0 Å². The minimum absolute atomic E-state index is 0.167. The fourth-order valence-electron chi connectivity index (χ4n) is 4.13. The van der Waals surface area contributed by atoms with E-state index in [1.165, 1.54) is 28.0 Å². The van der Waals surface area contributed by atoms with Crippen molar-refractivity contribution in [3.63, 3.8) is 0 Å². The van der Waals surface area contributed by atoms with Gasteiger partial charge in [0.05, 0.1) is 11.3 Å². The van der Waals surface area contributed by atoms with Crippen LogP contribution in [0.1, 0.15) is 41.3 Å². The number of para-hydroxylation sites is 2. The van der Waals surface area contributed by atoms with Gasteiger partial charge in [0.15, 0.2) is 28.6 Å². The number of carbonyl (C=O) groups is 1. The Morgan fingerprint density at radius 3 is 3.00 bits per heavy atom. The second-order valence-corrected chi connectivity index (χ2v) is 10.3. The molecule has 2 atom stereocenters. The zero-order valence-electron chi connectivity index (χ0n) is 18.3. The average Bonchev–Trinajstić information content (AvgIpc) is 3.36. The molecular weight excluding hydrogens is 458 g/mol. The molecule has 0 radical (unpaired) electrons. The predicted octanol–water partition coefficient (Wildman–Crippen LogP) is 4.12. The van der Waals surface area contributed by atoms with E-state index >= 15 is 0 Å². The molecule has 0 bridgehead atoms. The highest BCUT2D eigenvalue weighted by atomic mass is 32.2. The standard InChI is InChI=1S/C23H23N5O3S2/c1-13-7-8-14-15(10-24)22(33-19(14)9-13)25-20(29)12-32-23-27-26-21(28(23)2)18-11-30-16-5-3-4-6-17(16)31-18/h3-6,13,18H,7-9,11-12H2,1-2H3,(H,25,29). The second kappa shape index (κ2) is 9.08. The lowest BCUT2D eigenvalue weighted by Gasteiger charge is -2.25. The van der Waals surface area contributed by atoms with E-state index in [4.69, 9.17) is 9.47 Å². The van der Waals surface area contributed by atoms with Crippen LogP contribution in [0.3, 0.4) is 0 Å². The highest BCUT2D eigenvalue weighted by molar-refractivity contribution is 7.99. The van der Waals surface area contributed by atoms with Gasteiger partial charge >= 0.3 is 0 Å². The summed E-state index contributed by atoms with van der Waals surface area (Å²) in [6, 6.07) is 9.80. The Morgan fingerprint density at radius 2 is 2.18 bits per heavy atom. The normalized spacial score (nSPS) is 18.9. The number of nitrogens with one attached hydrogen (secondary N) is 1. The molecule has 1 aliphatic heterocycles. The number of ether oxygens (including phenoxy) is 2. The van der Waals surface area contributed by atoms with Gasteiger partial charge in [0.2, 0.25) is 5.91 Å². The first-order valence-electron chi connectivity index (χ1n) is 10.8. The van der Waals surface area contributed by atoms with Crippen molar-refractivity contribution in [2.24, 2.45) is 13.0 Å². The summed E-state index contributed by atoms with van der Waals surface area (Å²) in [6.07, 6.45) is 2.58. The van der Waals surface area contributed by atoms with E-state index in [2.05, 4.69) is 28.5 Å². The molecule has 10 heteroatoms. The summed E-state index contributed by atoms with van der Waals surface area (Å²) in [5, 5.41) is 22.3. The van der Waals surface area contributed by atoms with E-state index in [0.717, 1.165) is 24.8 Å². The lowest BCUT2D eigenvalue weighted by Crippen LogP contribution is -2.24. The topological polar surface area (TPSA) is 102 Å². The summed E-state index contributed by atoms with van der Waals surface area (Å²) >= 11 is 2.83. The van der Waals surface area contributed by atoms with Crippen molar-refractivity contribution in [3.8, 4) is 17.6 Å². The number of rotatable bonds is 5. The summed E-state index contributed by atoms with van der Waals surface area (Å²) in [7, 11) is 1.85. The number of hydrogen-bond donors (Lipinski definition) is 1. The molecule has 33 heavy (non-hydrogen) atoms. The van der Waals surface area contributed by atoms with Crippen LogP contribution in [-0.2, 0) is 24.7 Å². The minimum Gasteiger partial charge on any atom is -0.485 e. The van der Waals surface area contributed by atoms with Gasteiger partial charge in [-0.1, -0.05) is 30.8 Å². The highest BCUT2D eigenvalue weighted by Gasteiger charge is 2.28. The lowest BCUT2D eigenvalue weighted by atomic mass is 9.89. The van der Waals surface area contributed by atoms with Gasteiger partial charge in [0.1, 0.15) is 17.7 Å². The number of thioether (sulfide) groups is 1. The molecule has 3 heterocycles. The number of anilines is 1. The molecule has 1 aromatic carbocycles. The first-order chi connectivity index (χ1) is 16.0. The van der Waals surface area contributed by atoms with Crippen LogP contribution in [0.5, 0.6) is 11.5 Å². The van der Waals surface area contributed by atoms with E-state index in [1.807, 2.05) is 35.9 Å². The third kappa shape index (κ3) is 4.30. The molecule has 1 aliphatic carbocycles. The summed E-state index contributed by atoms with van der Waals surface area (Å²) < 4.78 is 13.6. The van der Waals surface area contributed by atoms with Gasteiger partial charge < -0.3 is 19.4 Å². The Labute approximate surface area is 199 Å². The maximum Gasteiger partial charge on any atom is 0.235 e. The monoisotopic (exact) mass is 481 g/mol. The molecule has 0 saturated heterocycles. The second-order valence-electron chi connectivity index (χ2n) is 8.27. The minimum atomic E-state index is -0.376. The van der Waals surface area contributed by atoms with Gasteiger partial charge in [-0.2, -0.15) is 5.26 Å². The Morgan fingerprint density at radius 1 is 1.36 bits per heavy atom. The van der Waals surface area contributed by atoms with Gasteiger partial charge in [-0.05, 0) is 42.9 Å². The first kappa shape index (κ1) is 21.8. The van der Waals surface area contributed by atoms with Crippen molar-refractivity contribution in [1.82, 2.24) is 14.8 Å². The Kier molecular flexibility index (Phi) is 6.00. The largest absolute Gasteiger partial charge is 0.485 e. The summed E-state index contributed by atoms with van der Waals surface area (Å²) in [6.45, 7) is 2.56. The first-order valence-corrected chi connectivity index (χ1v) is 12.6. The number of hydrogen-bond acceptors (Lipinski definition) is 8. The highest BCUT2D eigenvalue weighted by Crippen LogP contribution is 2.39. The molecule has 2 aliphatic rings. The Hall–Kier alpha value is -3.03. The number of thiophene rings is 1. The summed E-state index contributed by atoms with van der Waals surface area (Å²) in [5.74, 6) is 2.63. The summed E-state index contributed by atoms with van der Waals surface area (Å²) in [4.78, 5) is 13.9. The molecule has 0 fully saturated rings. The zero-order chi connectivity index (χ0) is 22.9. The SMILES string of the molecule is CC1CCc2c(sc(NC(=O)CSc3nnc(C4COc5ccccc5O4)n3C)c2C#N)C1. The van der Waals surface area contributed by atoms with Gasteiger partial charge in [-0.15, -0.1) is 21.5 Å². The fourth-order valence-corrected chi connectivity index (χ4v) is 6.22. The lowest BCUT2D eigenvalue weighted by molar-refractivity contribution is -0.113. The van der Waals surface area contributed by atoms with Gasteiger partial charge in [0.25, 0.3) is 0 Å².